The first-order valence-corrected chi connectivity index (χ1v) is 9.81. The summed E-state index contributed by atoms with van der Waals surface area (Å²) in [6.45, 7) is 4.33. The van der Waals surface area contributed by atoms with Gasteiger partial charge >= 0.3 is 0 Å². The number of nitrogens with one attached hydrogen (secondary N) is 1. The molecule has 2 aromatic rings. The molecule has 0 saturated carbocycles. The number of imidazole rings is 1. The summed E-state index contributed by atoms with van der Waals surface area (Å²) in [5.41, 5.74) is 1.71. The van der Waals surface area contributed by atoms with Crippen molar-refractivity contribution < 1.29 is 18.7 Å². The Hall–Kier alpha value is -2.19. The molecule has 2 aliphatic rings. The second-order valence-electron chi connectivity index (χ2n) is 7.62. The van der Waals surface area contributed by atoms with E-state index in [9.17, 15) is 9.18 Å². The topological polar surface area (TPSA) is 70.7 Å². The molecule has 0 spiro atoms. The van der Waals surface area contributed by atoms with Crippen molar-refractivity contribution in [2.24, 2.45) is 0 Å². The lowest BCUT2D eigenvalue weighted by Gasteiger charge is -2.36. The van der Waals surface area contributed by atoms with Crippen LogP contribution in [0.15, 0.2) is 18.2 Å². The number of rotatable bonds is 5. The number of ether oxygens (including phenoxy) is 2. The maximum Gasteiger partial charge on any atom is 0.219 e. The van der Waals surface area contributed by atoms with Crippen molar-refractivity contribution in [2.75, 3.05) is 33.3 Å². The number of benzene rings is 1. The van der Waals surface area contributed by atoms with Crippen LogP contribution in [0.1, 0.15) is 25.6 Å². The monoisotopic (exact) mass is 390 g/mol. The number of aromatic amines is 1. The Morgan fingerprint density at radius 1 is 1.32 bits per heavy atom. The number of hydrogen-bond donors (Lipinski definition) is 1. The molecule has 1 amide bonds. The Kier molecular flexibility index (Phi) is 5.50. The van der Waals surface area contributed by atoms with Gasteiger partial charge in [-0.25, -0.2) is 9.37 Å². The standard InChI is InChI=1S/C20H27FN4O3/c1-13(26)24-7-5-14(6-8-24)25-10-16(21)19(11-25)28-12-20-22-17-4-3-15(27-2)9-18(17)23-20/h3-4,9,14,16,19H,5-8,10-12H2,1-2H3,(H,22,23)/t16-,19+/m1/s1. The fraction of sp³-hybridized carbons (Fsp3) is 0.600. The van der Waals surface area contributed by atoms with Gasteiger partial charge < -0.3 is 19.4 Å². The van der Waals surface area contributed by atoms with Crippen LogP contribution in [0.25, 0.3) is 11.0 Å². The van der Waals surface area contributed by atoms with Crippen LogP contribution >= 0.6 is 0 Å². The third kappa shape index (κ3) is 3.98. The number of amides is 1. The Labute approximate surface area is 163 Å². The minimum absolute atomic E-state index is 0.118. The molecule has 0 aliphatic carbocycles. The van der Waals surface area contributed by atoms with Gasteiger partial charge in [-0.3, -0.25) is 9.69 Å². The highest BCUT2D eigenvalue weighted by molar-refractivity contribution is 5.76. The van der Waals surface area contributed by atoms with E-state index in [2.05, 4.69) is 14.9 Å². The molecule has 7 nitrogen and oxygen atoms in total. The molecule has 152 valence electrons. The highest BCUT2D eigenvalue weighted by Crippen LogP contribution is 2.26. The van der Waals surface area contributed by atoms with Crippen LogP contribution in [0.2, 0.25) is 0 Å². The van der Waals surface area contributed by atoms with Gasteiger partial charge in [-0.05, 0) is 25.0 Å². The number of carbonyl (C=O) groups excluding carboxylic acids is 1. The molecule has 2 saturated heterocycles. The smallest absolute Gasteiger partial charge is 0.219 e. The lowest BCUT2D eigenvalue weighted by molar-refractivity contribution is -0.130. The van der Waals surface area contributed by atoms with Gasteiger partial charge in [0.2, 0.25) is 5.91 Å². The Bertz CT molecular complexity index is 834. The van der Waals surface area contributed by atoms with E-state index in [4.69, 9.17) is 9.47 Å². The van der Waals surface area contributed by atoms with E-state index in [1.54, 1.807) is 14.0 Å². The molecule has 0 bridgehead atoms. The van der Waals surface area contributed by atoms with Gasteiger partial charge in [0.1, 0.15) is 30.5 Å². The number of halogens is 1. The predicted octanol–water partition coefficient (Wildman–Crippen LogP) is 2.12. The van der Waals surface area contributed by atoms with Crippen LogP contribution in [-0.2, 0) is 16.1 Å². The minimum atomic E-state index is -1.00. The lowest BCUT2D eigenvalue weighted by Crippen LogP contribution is -2.45. The summed E-state index contributed by atoms with van der Waals surface area (Å²) in [6.07, 6.45) is 0.332. The summed E-state index contributed by atoms with van der Waals surface area (Å²) >= 11 is 0. The molecule has 8 heteroatoms. The number of hydrogen-bond acceptors (Lipinski definition) is 5. The van der Waals surface area contributed by atoms with E-state index in [0.717, 1.165) is 42.7 Å². The molecular formula is C20H27FN4O3. The molecule has 4 rings (SSSR count). The fourth-order valence-corrected chi connectivity index (χ4v) is 4.19. The van der Waals surface area contributed by atoms with Gasteiger partial charge in [0, 0.05) is 45.2 Å². The first-order valence-electron chi connectivity index (χ1n) is 9.81. The first kappa shape index (κ1) is 19.1. The van der Waals surface area contributed by atoms with Gasteiger partial charge in [0.15, 0.2) is 0 Å². The quantitative estimate of drug-likeness (QED) is 0.847. The number of methoxy groups -OCH3 is 1. The number of alkyl halides is 1. The van der Waals surface area contributed by atoms with Crippen molar-refractivity contribution in [1.82, 2.24) is 19.8 Å². The maximum atomic E-state index is 14.5. The van der Waals surface area contributed by atoms with Crippen LogP contribution in [0.3, 0.4) is 0 Å². The zero-order valence-electron chi connectivity index (χ0n) is 16.4. The molecule has 1 N–H and O–H groups in total. The van der Waals surface area contributed by atoms with E-state index in [-0.39, 0.29) is 12.5 Å². The van der Waals surface area contributed by atoms with E-state index < -0.39 is 12.3 Å². The van der Waals surface area contributed by atoms with E-state index in [1.807, 2.05) is 23.1 Å². The maximum absolute atomic E-state index is 14.5. The van der Waals surface area contributed by atoms with Crippen LogP contribution in [-0.4, -0.2) is 77.3 Å². The molecule has 0 radical (unpaired) electrons. The molecule has 0 unspecified atom stereocenters. The number of H-pyrrole nitrogens is 1. The highest BCUT2D eigenvalue weighted by atomic mass is 19.1. The average molecular weight is 390 g/mol. The fourth-order valence-electron chi connectivity index (χ4n) is 4.19. The van der Waals surface area contributed by atoms with Crippen LogP contribution in [0.5, 0.6) is 5.75 Å². The second kappa shape index (κ2) is 8.05. The predicted molar refractivity (Wildman–Crippen MR) is 103 cm³/mol. The van der Waals surface area contributed by atoms with E-state index in [1.165, 1.54) is 0 Å². The summed E-state index contributed by atoms with van der Waals surface area (Å²) in [7, 11) is 1.62. The molecule has 2 aliphatic heterocycles. The number of likely N-dealkylation sites (tertiary alicyclic amines) is 2. The van der Waals surface area contributed by atoms with Crippen molar-refractivity contribution in [3.8, 4) is 5.75 Å². The number of piperidine rings is 1. The SMILES string of the molecule is COc1ccc2nc(CO[C@H]3CN(C4CCN(C(C)=O)CC4)C[C@H]3F)[nH]c2c1. The Balaban J connectivity index is 1.31. The van der Waals surface area contributed by atoms with Crippen LogP contribution in [0.4, 0.5) is 4.39 Å². The van der Waals surface area contributed by atoms with Gasteiger partial charge in [-0.1, -0.05) is 0 Å². The molecule has 1 aromatic carbocycles. The van der Waals surface area contributed by atoms with Crippen molar-refractivity contribution in [2.45, 2.75) is 44.7 Å². The van der Waals surface area contributed by atoms with Gasteiger partial charge in [-0.2, -0.15) is 0 Å². The lowest BCUT2D eigenvalue weighted by atomic mass is 10.0. The van der Waals surface area contributed by atoms with Crippen LogP contribution < -0.4 is 4.74 Å². The first-order chi connectivity index (χ1) is 13.5. The largest absolute Gasteiger partial charge is 0.497 e. The molecule has 2 fully saturated rings. The summed E-state index contributed by atoms with van der Waals surface area (Å²) in [6, 6.07) is 5.95. The Morgan fingerprint density at radius 2 is 2.11 bits per heavy atom. The van der Waals surface area contributed by atoms with Gasteiger partial charge in [-0.15, -0.1) is 0 Å². The van der Waals surface area contributed by atoms with Gasteiger partial charge in [0.25, 0.3) is 0 Å². The van der Waals surface area contributed by atoms with Crippen molar-refractivity contribution in [1.29, 1.82) is 0 Å². The summed E-state index contributed by atoms with van der Waals surface area (Å²) in [5.74, 6) is 1.56. The zero-order valence-corrected chi connectivity index (χ0v) is 16.4. The number of nitrogens with zero attached hydrogens (tertiary/aromatic N) is 3. The molecule has 3 heterocycles. The van der Waals surface area contributed by atoms with Crippen molar-refractivity contribution in [3.05, 3.63) is 24.0 Å². The van der Waals surface area contributed by atoms with Gasteiger partial charge in [0.05, 0.1) is 18.1 Å². The van der Waals surface area contributed by atoms with E-state index in [0.29, 0.717) is 25.0 Å². The molecular weight excluding hydrogens is 363 g/mol. The number of aromatic nitrogens is 2. The van der Waals surface area contributed by atoms with Crippen molar-refractivity contribution >= 4 is 16.9 Å². The Morgan fingerprint density at radius 3 is 2.82 bits per heavy atom. The summed E-state index contributed by atoms with van der Waals surface area (Å²) in [5, 5.41) is 0. The third-order valence-corrected chi connectivity index (χ3v) is 5.83. The van der Waals surface area contributed by atoms with Crippen LogP contribution in [0, 0.1) is 0 Å². The highest BCUT2D eigenvalue weighted by Gasteiger charge is 2.38. The average Bonchev–Trinajstić information content (AvgIpc) is 3.28. The minimum Gasteiger partial charge on any atom is -0.497 e. The molecule has 2 atom stereocenters. The third-order valence-electron chi connectivity index (χ3n) is 5.83. The summed E-state index contributed by atoms with van der Waals surface area (Å²) in [4.78, 5) is 23.2. The normalized spacial score (nSPS) is 24.2. The zero-order chi connectivity index (χ0) is 19.7. The number of carbonyl (C=O) groups is 1. The number of fused-ring (bicyclic) bond motifs is 1. The summed E-state index contributed by atoms with van der Waals surface area (Å²) < 4.78 is 25.6. The van der Waals surface area contributed by atoms with E-state index >= 15 is 0 Å². The molecule has 1 aromatic heterocycles. The second-order valence-corrected chi connectivity index (χ2v) is 7.62. The molecule has 28 heavy (non-hydrogen) atoms. The van der Waals surface area contributed by atoms with Crippen molar-refractivity contribution in [3.63, 3.8) is 0 Å².